The molecule has 0 bridgehead atoms. The van der Waals surface area contributed by atoms with Crippen LogP contribution in [0.3, 0.4) is 0 Å². The molecule has 1 aliphatic carbocycles. The van der Waals surface area contributed by atoms with Crippen LogP contribution in [0.15, 0.2) is 72.4 Å². The molecule has 4 aromatic rings. The highest BCUT2D eigenvalue weighted by atomic mass is 32.1. The summed E-state index contributed by atoms with van der Waals surface area (Å²) in [5.41, 5.74) is 7.63. The second-order valence-electron chi connectivity index (χ2n) is 7.73. The van der Waals surface area contributed by atoms with Crippen LogP contribution >= 0.6 is 11.3 Å². The van der Waals surface area contributed by atoms with Gasteiger partial charge in [-0.2, -0.15) is 0 Å². The quantitative estimate of drug-likeness (QED) is 0.356. The third kappa shape index (κ3) is 4.09. The summed E-state index contributed by atoms with van der Waals surface area (Å²) >= 11 is 1.58. The van der Waals surface area contributed by atoms with Crippen LogP contribution in [0.4, 0.5) is 4.39 Å². The number of rotatable bonds is 6. The number of hydrogen-bond acceptors (Lipinski definition) is 4. The number of nitrogens with zero attached hydrogens (tertiary/aromatic N) is 2. The summed E-state index contributed by atoms with van der Waals surface area (Å²) in [4.78, 5) is 19.7. The van der Waals surface area contributed by atoms with Gasteiger partial charge in [-0.05, 0) is 76.9 Å². The molecule has 0 saturated heterocycles. The van der Waals surface area contributed by atoms with Gasteiger partial charge in [-0.3, -0.25) is 4.98 Å². The number of aromatic nitrogens is 2. The van der Waals surface area contributed by atoms with Crippen LogP contribution in [0.2, 0.25) is 0 Å². The van der Waals surface area contributed by atoms with E-state index in [1.54, 1.807) is 29.7 Å². The number of benzene rings is 2. The van der Waals surface area contributed by atoms with Crippen LogP contribution in [0, 0.1) is 11.7 Å². The monoisotopic (exact) mass is 442 g/mol. The fourth-order valence-corrected chi connectivity index (χ4v) is 4.55. The van der Waals surface area contributed by atoms with E-state index in [9.17, 15) is 9.18 Å². The summed E-state index contributed by atoms with van der Waals surface area (Å²) < 4.78 is 16.0. The zero-order valence-corrected chi connectivity index (χ0v) is 17.8. The number of carbonyl (C=O) groups is 1. The lowest BCUT2D eigenvalue weighted by molar-refractivity contribution is -0.131. The topological polar surface area (TPSA) is 63.1 Å². The van der Waals surface area contributed by atoms with Crippen molar-refractivity contribution in [1.82, 2.24) is 9.97 Å². The summed E-state index contributed by atoms with van der Waals surface area (Å²) in [6.45, 7) is 0. The zero-order valence-electron chi connectivity index (χ0n) is 17.0. The number of carboxylic acid groups (broad SMARTS) is 1. The third-order valence-corrected chi connectivity index (χ3v) is 6.32. The van der Waals surface area contributed by atoms with E-state index in [1.807, 2.05) is 41.9 Å². The van der Waals surface area contributed by atoms with Gasteiger partial charge in [-0.1, -0.05) is 30.3 Å². The normalized spacial score (nSPS) is 14.7. The van der Waals surface area contributed by atoms with Crippen molar-refractivity contribution in [2.45, 2.75) is 12.8 Å². The predicted molar refractivity (Wildman–Crippen MR) is 126 cm³/mol. The fourth-order valence-electron chi connectivity index (χ4n) is 3.89. The van der Waals surface area contributed by atoms with Gasteiger partial charge in [-0.25, -0.2) is 14.2 Å². The molecule has 2 heterocycles. The Balaban J connectivity index is 1.73. The van der Waals surface area contributed by atoms with Gasteiger partial charge in [0.1, 0.15) is 11.5 Å². The van der Waals surface area contributed by atoms with Crippen LogP contribution in [-0.2, 0) is 4.79 Å². The van der Waals surface area contributed by atoms with Gasteiger partial charge in [0, 0.05) is 12.3 Å². The van der Waals surface area contributed by atoms with Crippen LogP contribution in [0.1, 0.15) is 35.2 Å². The summed E-state index contributed by atoms with van der Waals surface area (Å²) in [5, 5.41) is 8.89. The van der Waals surface area contributed by atoms with Crippen molar-refractivity contribution in [3.8, 4) is 0 Å². The summed E-state index contributed by atoms with van der Waals surface area (Å²) in [5.74, 6) is -1.08. The first-order valence-electron chi connectivity index (χ1n) is 10.3. The Labute approximate surface area is 188 Å². The van der Waals surface area contributed by atoms with Crippen LogP contribution < -0.4 is 0 Å². The highest BCUT2D eigenvalue weighted by Crippen LogP contribution is 2.47. The van der Waals surface area contributed by atoms with E-state index in [-0.39, 0.29) is 11.7 Å². The number of hydrogen-bond donors (Lipinski definition) is 1. The van der Waals surface area contributed by atoms with E-state index in [0.29, 0.717) is 5.69 Å². The van der Waals surface area contributed by atoms with E-state index in [0.717, 1.165) is 57.0 Å². The van der Waals surface area contributed by atoms with Crippen molar-refractivity contribution in [3.05, 3.63) is 101 Å². The molecular formula is C26H19FN2O2S. The Morgan fingerprint density at radius 2 is 1.84 bits per heavy atom. The average molecular weight is 443 g/mol. The number of aliphatic carboxylic acids is 1. The number of carboxylic acids is 1. The van der Waals surface area contributed by atoms with Gasteiger partial charge < -0.3 is 5.11 Å². The molecule has 2 aromatic heterocycles. The molecular weight excluding hydrogens is 423 g/mol. The maximum Gasteiger partial charge on any atom is 0.328 e. The molecule has 1 N–H and O–H groups in total. The molecule has 1 fully saturated rings. The number of fused-ring (bicyclic) bond motifs is 1. The number of allylic oxidation sites excluding steroid dienone is 1. The molecule has 5 rings (SSSR count). The SMILES string of the molecule is O=C(O)C=Cc1ccc(C(=C(c2ncccc2F)C2CC2)c2ccc3scnc3c2)cc1. The first-order valence-corrected chi connectivity index (χ1v) is 11.2. The minimum absolute atomic E-state index is 0.243. The number of pyridine rings is 1. The maximum absolute atomic E-state index is 14.9. The molecule has 0 spiro atoms. The molecule has 158 valence electrons. The van der Waals surface area contributed by atoms with Gasteiger partial charge in [0.25, 0.3) is 0 Å². The van der Waals surface area contributed by atoms with Gasteiger partial charge >= 0.3 is 5.97 Å². The van der Waals surface area contributed by atoms with E-state index < -0.39 is 5.97 Å². The van der Waals surface area contributed by atoms with Crippen molar-refractivity contribution in [3.63, 3.8) is 0 Å². The lowest BCUT2D eigenvalue weighted by atomic mass is 9.88. The van der Waals surface area contributed by atoms with Gasteiger partial charge in [0.05, 0.1) is 15.7 Å². The molecule has 1 aliphatic rings. The second kappa shape index (κ2) is 8.48. The molecule has 1 saturated carbocycles. The van der Waals surface area contributed by atoms with Crippen molar-refractivity contribution in [1.29, 1.82) is 0 Å². The Bertz CT molecular complexity index is 1370. The minimum atomic E-state index is -0.993. The van der Waals surface area contributed by atoms with Crippen molar-refractivity contribution in [2.75, 3.05) is 0 Å². The lowest BCUT2D eigenvalue weighted by Crippen LogP contribution is -2.02. The Morgan fingerprint density at radius 3 is 2.56 bits per heavy atom. The molecule has 0 aliphatic heterocycles. The Kier molecular flexibility index (Phi) is 5.37. The molecule has 6 heteroatoms. The molecule has 0 unspecified atom stereocenters. The largest absolute Gasteiger partial charge is 0.478 e. The standard InChI is InChI=1S/C26H19FN2O2S/c27-20-2-1-13-28-26(20)25(18-8-9-18)24(19-10-11-22-21(14-19)29-15-32-22)17-6-3-16(4-7-17)5-12-23(30)31/h1-7,10-15,18H,8-9H2,(H,30,31). The molecule has 32 heavy (non-hydrogen) atoms. The predicted octanol–water partition coefficient (Wildman–Crippen LogP) is 6.30. The highest BCUT2D eigenvalue weighted by Gasteiger charge is 2.33. The van der Waals surface area contributed by atoms with E-state index in [2.05, 4.69) is 16.0 Å². The van der Waals surface area contributed by atoms with Crippen molar-refractivity contribution < 1.29 is 14.3 Å². The minimum Gasteiger partial charge on any atom is -0.478 e. The Morgan fingerprint density at radius 1 is 1.06 bits per heavy atom. The second-order valence-corrected chi connectivity index (χ2v) is 8.61. The maximum atomic E-state index is 14.9. The summed E-state index contributed by atoms with van der Waals surface area (Å²) in [6, 6.07) is 16.8. The summed E-state index contributed by atoms with van der Waals surface area (Å²) in [7, 11) is 0. The highest BCUT2D eigenvalue weighted by molar-refractivity contribution is 7.16. The molecule has 0 amide bonds. The van der Waals surface area contributed by atoms with Gasteiger partial charge in [0.2, 0.25) is 0 Å². The number of halogens is 1. The third-order valence-electron chi connectivity index (χ3n) is 5.51. The molecule has 4 nitrogen and oxygen atoms in total. The Hall–Kier alpha value is -3.64. The average Bonchev–Trinajstić information content (AvgIpc) is 3.53. The van der Waals surface area contributed by atoms with Crippen LogP contribution in [0.25, 0.3) is 27.4 Å². The van der Waals surface area contributed by atoms with Crippen molar-refractivity contribution in [2.24, 2.45) is 5.92 Å². The van der Waals surface area contributed by atoms with Crippen LogP contribution in [0.5, 0.6) is 0 Å². The van der Waals surface area contributed by atoms with Crippen LogP contribution in [-0.4, -0.2) is 21.0 Å². The van der Waals surface area contributed by atoms with E-state index >= 15 is 0 Å². The zero-order chi connectivity index (χ0) is 22.1. The first-order chi connectivity index (χ1) is 15.6. The smallest absolute Gasteiger partial charge is 0.328 e. The van der Waals surface area contributed by atoms with Gasteiger partial charge in [-0.15, -0.1) is 11.3 Å². The molecule has 0 radical (unpaired) electrons. The van der Waals surface area contributed by atoms with E-state index in [1.165, 1.54) is 6.07 Å². The first kappa shape index (κ1) is 20.3. The molecule has 0 atom stereocenters. The fraction of sp³-hybridized carbons (Fsp3) is 0.115. The lowest BCUT2D eigenvalue weighted by Gasteiger charge is -2.17. The van der Waals surface area contributed by atoms with Crippen molar-refractivity contribution >= 4 is 44.7 Å². The van der Waals surface area contributed by atoms with E-state index in [4.69, 9.17) is 5.11 Å². The molecule has 2 aromatic carbocycles. The number of thiazole rings is 1. The van der Waals surface area contributed by atoms with Gasteiger partial charge in [0.15, 0.2) is 0 Å². The summed E-state index contributed by atoms with van der Waals surface area (Å²) in [6.07, 6.45) is 6.28.